The highest BCUT2D eigenvalue weighted by Gasteiger charge is 2.26. The Bertz CT molecular complexity index is 1290. The summed E-state index contributed by atoms with van der Waals surface area (Å²) in [6.45, 7) is 2.45. The van der Waals surface area contributed by atoms with E-state index in [0.29, 0.717) is 29.0 Å². The number of carbonyl (C=O) groups excluding carboxylic acids is 1. The first-order chi connectivity index (χ1) is 19.7. The van der Waals surface area contributed by atoms with Crippen molar-refractivity contribution in [2.75, 3.05) is 13.7 Å². The predicted octanol–water partition coefficient (Wildman–Crippen LogP) is 5.39. The minimum Gasteiger partial charge on any atom is -0.497 e. The number of aliphatic hydroxyl groups is 2. The second kappa shape index (κ2) is 14.5. The van der Waals surface area contributed by atoms with Gasteiger partial charge in [-0.3, -0.25) is 4.79 Å². The molecule has 4 rings (SSSR count). The van der Waals surface area contributed by atoms with Crippen molar-refractivity contribution in [3.63, 3.8) is 0 Å². The highest BCUT2D eigenvalue weighted by molar-refractivity contribution is 5.94. The van der Waals surface area contributed by atoms with Gasteiger partial charge in [0.25, 0.3) is 5.91 Å². The minimum atomic E-state index is -1.06. The number of amides is 1. The van der Waals surface area contributed by atoms with Crippen LogP contribution in [0.3, 0.4) is 0 Å². The summed E-state index contributed by atoms with van der Waals surface area (Å²) in [5, 5.41) is 28.3. The Hall–Kier alpha value is -3.33. The number of methoxy groups -OCH3 is 1. The van der Waals surface area contributed by atoms with Crippen molar-refractivity contribution in [2.24, 2.45) is 5.92 Å². The van der Waals surface area contributed by atoms with Crippen LogP contribution in [0.5, 0.6) is 5.75 Å². The molecule has 0 aromatic heterocycles. The van der Waals surface area contributed by atoms with Crippen LogP contribution < -0.4 is 15.4 Å². The molecule has 0 radical (unpaired) electrons. The van der Waals surface area contributed by atoms with E-state index in [2.05, 4.69) is 10.6 Å². The fourth-order valence-electron chi connectivity index (χ4n) is 5.64. The van der Waals surface area contributed by atoms with Crippen molar-refractivity contribution in [1.82, 2.24) is 10.6 Å². The largest absolute Gasteiger partial charge is 0.497 e. The lowest BCUT2D eigenvalue weighted by atomic mass is 9.82. The Morgan fingerprint density at radius 1 is 0.976 bits per heavy atom. The van der Waals surface area contributed by atoms with Gasteiger partial charge in [-0.05, 0) is 90.8 Å². The molecule has 1 aliphatic carbocycles. The maximum absolute atomic E-state index is 13.9. The molecule has 0 bridgehead atoms. The molecule has 0 spiro atoms. The van der Waals surface area contributed by atoms with E-state index in [0.717, 1.165) is 42.9 Å². The zero-order valence-electron chi connectivity index (χ0n) is 23.7. The minimum absolute atomic E-state index is 0.0196. The van der Waals surface area contributed by atoms with Crippen LogP contribution in [0, 0.1) is 24.5 Å². The van der Waals surface area contributed by atoms with Gasteiger partial charge in [0.1, 0.15) is 17.4 Å². The van der Waals surface area contributed by atoms with Crippen LogP contribution in [0.4, 0.5) is 8.78 Å². The summed E-state index contributed by atoms with van der Waals surface area (Å²) in [7, 11) is 1.59. The smallest absolute Gasteiger partial charge is 0.251 e. The number of aliphatic hydroxyl groups excluding tert-OH is 2. The van der Waals surface area contributed by atoms with Gasteiger partial charge in [0, 0.05) is 24.7 Å². The summed E-state index contributed by atoms with van der Waals surface area (Å²) in [5.74, 6) is -1.00. The van der Waals surface area contributed by atoms with Crippen LogP contribution in [0.25, 0.3) is 0 Å². The Kier molecular flexibility index (Phi) is 10.9. The van der Waals surface area contributed by atoms with E-state index in [1.807, 2.05) is 37.3 Å². The number of halogens is 2. The van der Waals surface area contributed by atoms with Crippen molar-refractivity contribution in [1.29, 1.82) is 0 Å². The first-order valence-electron chi connectivity index (χ1n) is 14.3. The van der Waals surface area contributed by atoms with Gasteiger partial charge in [-0.15, -0.1) is 0 Å². The SMILES string of the molecule is COc1cccc(CNC[C@@H](O)[C@H](Cc2cc(F)cc(F)c2)NC(=O)c2cc(C)cc(C(O)C3CCCCC3)c2)c1. The van der Waals surface area contributed by atoms with E-state index in [9.17, 15) is 23.8 Å². The molecule has 1 fully saturated rings. The second-order valence-corrected chi connectivity index (χ2v) is 11.1. The molecule has 0 aliphatic heterocycles. The first kappa shape index (κ1) is 30.6. The fraction of sp³-hybridized carbons (Fsp3) is 0.424. The number of ether oxygens (including phenoxy) is 1. The van der Waals surface area contributed by atoms with Gasteiger partial charge < -0.3 is 25.6 Å². The highest BCUT2D eigenvalue weighted by Crippen LogP contribution is 2.35. The number of benzene rings is 3. The summed E-state index contributed by atoms with van der Waals surface area (Å²) in [5.41, 5.74) is 3.17. The Morgan fingerprint density at radius 3 is 2.41 bits per heavy atom. The number of hydrogen-bond acceptors (Lipinski definition) is 5. The van der Waals surface area contributed by atoms with E-state index in [1.54, 1.807) is 19.2 Å². The molecule has 8 heteroatoms. The molecule has 4 N–H and O–H groups in total. The molecule has 6 nitrogen and oxygen atoms in total. The van der Waals surface area contributed by atoms with Crippen molar-refractivity contribution in [2.45, 2.75) is 70.2 Å². The summed E-state index contributed by atoms with van der Waals surface area (Å²) in [6.07, 6.45) is 3.58. The van der Waals surface area contributed by atoms with E-state index < -0.39 is 35.8 Å². The lowest BCUT2D eigenvalue weighted by Crippen LogP contribution is -2.48. The van der Waals surface area contributed by atoms with E-state index >= 15 is 0 Å². The molecule has 3 aromatic rings. The third-order valence-electron chi connectivity index (χ3n) is 7.78. The maximum Gasteiger partial charge on any atom is 0.251 e. The number of aryl methyl sites for hydroxylation is 1. The quantitative estimate of drug-likeness (QED) is 0.236. The summed E-state index contributed by atoms with van der Waals surface area (Å²) in [4.78, 5) is 13.5. The summed E-state index contributed by atoms with van der Waals surface area (Å²) >= 11 is 0. The number of carbonyl (C=O) groups is 1. The second-order valence-electron chi connectivity index (χ2n) is 11.1. The van der Waals surface area contributed by atoms with Gasteiger partial charge in [0.05, 0.1) is 25.4 Å². The van der Waals surface area contributed by atoms with Crippen molar-refractivity contribution >= 4 is 5.91 Å². The Morgan fingerprint density at radius 2 is 1.71 bits per heavy atom. The van der Waals surface area contributed by atoms with Gasteiger partial charge in [0.2, 0.25) is 0 Å². The summed E-state index contributed by atoms with van der Waals surface area (Å²) < 4.78 is 33.1. The van der Waals surface area contributed by atoms with Crippen LogP contribution in [-0.4, -0.2) is 41.9 Å². The maximum atomic E-state index is 13.9. The van der Waals surface area contributed by atoms with Crippen LogP contribution in [0.1, 0.15) is 70.8 Å². The number of hydrogen-bond donors (Lipinski definition) is 4. The van der Waals surface area contributed by atoms with E-state index in [-0.39, 0.29) is 18.9 Å². The third-order valence-corrected chi connectivity index (χ3v) is 7.78. The van der Waals surface area contributed by atoms with E-state index in [1.165, 1.54) is 18.6 Å². The monoisotopic (exact) mass is 566 g/mol. The molecule has 1 amide bonds. The van der Waals surface area contributed by atoms with Crippen molar-refractivity contribution in [3.8, 4) is 5.75 Å². The molecule has 0 heterocycles. The molecular formula is C33H40F2N2O4. The van der Waals surface area contributed by atoms with Crippen molar-refractivity contribution < 1.29 is 28.5 Å². The summed E-state index contributed by atoms with van der Waals surface area (Å²) in [6, 6.07) is 15.2. The molecule has 3 aromatic carbocycles. The average molecular weight is 567 g/mol. The molecule has 1 aliphatic rings. The number of nitrogens with one attached hydrogen (secondary N) is 2. The molecule has 1 saturated carbocycles. The highest BCUT2D eigenvalue weighted by atomic mass is 19.1. The number of rotatable bonds is 12. The first-order valence-corrected chi connectivity index (χ1v) is 14.3. The predicted molar refractivity (Wildman–Crippen MR) is 155 cm³/mol. The lowest BCUT2D eigenvalue weighted by molar-refractivity contribution is 0.0819. The Labute approximate surface area is 240 Å². The molecule has 0 saturated heterocycles. The Balaban J connectivity index is 1.49. The normalized spacial score (nSPS) is 16.1. The molecule has 3 atom stereocenters. The fourth-order valence-corrected chi connectivity index (χ4v) is 5.64. The van der Waals surface area contributed by atoms with Crippen LogP contribution >= 0.6 is 0 Å². The molecule has 1 unspecified atom stereocenters. The lowest BCUT2D eigenvalue weighted by Gasteiger charge is -2.28. The van der Waals surface area contributed by atoms with Crippen molar-refractivity contribution in [3.05, 3.63) is 100 Å². The molecule has 41 heavy (non-hydrogen) atoms. The van der Waals surface area contributed by atoms with Gasteiger partial charge in [-0.1, -0.05) is 37.5 Å². The standard InChI is InChI=1S/C33H40F2N2O4/c1-21-11-25(32(39)24-8-4-3-5-9-24)17-26(12-21)33(40)37-30(16-23-13-27(34)18-28(35)14-23)31(38)20-36-19-22-7-6-10-29(15-22)41-2/h6-7,10-15,17-18,24,30-32,36,38-39H,3-5,8-9,16,19-20H2,1-2H3,(H,37,40)/t30-,31+,32?/m0/s1. The topological polar surface area (TPSA) is 90.8 Å². The average Bonchev–Trinajstić information content (AvgIpc) is 2.96. The zero-order chi connectivity index (χ0) is 29.4. The van der Waals surface area contributed by atoms with Crippen LogP contribution in [0.2, 0.25) is 0 Å². The molecular weight excluding hydrogens is 526 g/mol. The third kappa shape index (κ3) is 8.83. The van der Waals surface area contributed by atoms with Gasteiger partial charge in [-0.2, -0.15) is 0 Å². The molecule has 220 valence electrons. The van der Waals surface area contributed by atoms with Gasteiger partial charge >= 0.3 is 0 Å². The van der Waals surface area contributed by atoms with E-state index in [4.69, 9.17) is 4.74 Å². The van der Waals surface area contributed by atoms with Crippen LogP contribution in [-0.2, 0) is 13.0 Å². The van der Waals surface area contributed by atoms with Crippen LogP contribution in [0.15, 0.2) is 60.7 Å². The van der Waals surface area contributed by atoms with Gasteiger partial charge in [0.15, 0.2) is 0 Å². The van der Waals surface area contributed by atoms with Gasteiger partial charge in [-0.25, -0.2) is 8.78 Å². The zero-order valence-corrected chi connectivity index (χ0v) is 23.7.